The van der Waals surface area contributed by atoms with Crippen LogP contribution in [0.25, 0.3) is 0 Å². The van der Waals surface area contributed by atoms with Gasteiger partial charge in [-0.3, -0.25) is 0 Å². The number of hydrogen-bond donors (Lipinski definition) is 1. The van der Waals surface area contributed by atoms with E-state index in [-0.39, 0.29) is 0 Å². The van der Waals surface area contributed by atoms with Crippen molar-refractivity contribution in [2.24, 2.45) is 5.92 Å². The first-order chi connectivity index (χ1) is 5.22. The third-order valence-electron chi connectivity index (χ3n) is 2.21. The van der Waals surface area contributed by atoms with Gasteiger partial charge in [-0.1, -0.05) is 13.8 Å². The Morgan fingerprint density at radius 1 is 1.45 bits per heavy atom. The molecule has 0 aromatic rings. The first-order valence-corrected chi connectivity index (χ1v) is 4.47. The summed E-state index contributed by atoms with van der Waals surface area (Å²) in [6.45, 7) is 5.34. The molecule has 1 N–H and O–H groups in total. The number of methoxy groups -OCH3 is 1. The molecule has 1 aliphatic rings. The van der Waals surface area contributed by atoms with Crippen molar-refractivity contribution in [3.63, 3.8) is 0 Å². The Bertz CT molecular complexity index is 108. The summed E-state index contributed by atoms with van der Waals surface area (Å²) >= 11 is 0. The molecule has 0 aromatic heterocycles. The fourth-order valence-corrected chi connectivity index (χ4v) is 1.71. The zero-order chi connectivity index (χ0) is 8.27. The number of ether oxygens (including phenoxy) is 1. The summed E-state index contributed by atoms with van der Waals surface area (Å²) in [7, 11) is 1.78. The van der Waals surface area contributed by atoms with Crippen LogP contribution in [0.3, 0.4) is 0 Å². The molecule has 0 spiro atoms. The topological polar surface area (TPSA) is 21.3 Å². The van der Waals surface area contributed by atoms with Gasteiger partial charge in [0.25, 0.3) is 0 Å². The summed E-state index contributed by atoms with van der Waals surface area (Å²) in [4.78, 5) is 0. The van der Waals surface area contributed by atoms with Crippen LogP contribution in [-0.4, -0.2) is 25.8 Å². The van der Waals surface area contributed by atoms with Gasteiger partial charge < -0.3 is 10.1 Å². The standard InChI is InChI=1S/C9H19NO/c1-7(2)10-9-4-8(5-9)6-11-3/h7-10H,4-6H2,1-3H3. The maximum atomic E-state index is 5.07. The van der Waals surface area contributed by atoms with E-state index in [1.165, 1.54) is 12.8 Å². The summed E-state index contributed by atoms with van der Waals surface area (Å²) in [5.41, 5.74) is 0. The predicted octanol–water partition coefficient (Wildman–Crippen LogP) is 1.41. The second-order valence-electron chi connectivity index (χ2n) is 3.81. The molecule has 0 heterocycles. The van der Waals surface area contributed by atoms with Crippen molar-refractivity contribution in [3.05, 3.63) is 0 Å². The Balaban J connectivity index is 2.00. The van der Waals surface area contributed by atoms with Gasteiger partial charge in [-0.25, -0.2) is 0 Å². The van der Waals surface area contributed by atoms with Crippen molar-refractivity contribution in [1.82, 2.24) is 5.32 Å². The molecule has 2 heteroatoms. The normalized spacial score (nSPS) is 30.5. The third-order valence-corrected chi connectivity index (χ3v) is 2.21. The van der Waals surface area contributed by atoms with Gasteiger partial charge in [0.15, 0.2) is 0 Å². The monoisotopic (exact) mass is 157 g/mol. The molecule has 0 saturated heterocycles. The van der Waals surface area contributed by atoms with E-state index < -0.39 is 0 Å². The summed E-state index contributed by atoms with van der Waals surface area (Å²) in [6, 6.07) is 1.39. The Morgan fingerprint density at radius 3 is 2.55 bits per heavy atom. The molecule has 11 heavy (non-hydrogen) atoms. The zero-order valence-corrected chi connectivity index (χ0v) is 7.76. The molecule has 1 rings (SSSR count). The highest BCUT2D eigenvalue weighted by atomic mass is 16.5. The van der Waals surface area contributed by atoms with Crippen molar-refractivity contribution >= 4 is 0 Å². The number of nitrogens with one attached hydrogen (secondary N) is 1. The lowest BCUT2D eigenvalue weighted by molar-refractivity contribution is 0.0859. The largest absolute Gasteiger partial charge is 0.384 e. The van der Waals surface area contributed by atoms with Gasteiger partial charge in [0.1, 0.15) is 0 Å². The van der Waals surface area contributed by atoms with E-state index in [1.54, 1.807) is 7.11 Å². The minimum atomic E-state index is 0.628. The quantitative estimate of drug-likeness (QED) is 0.666. The fourth-order valence-electron chi connectivity index (χ4n) is 1.71. The molecule has 0 bridgehead atoms. The highest BCUT2D eigenvalue weighted by Gasteiger charge is 2.28. The van der Waals surface area contributed by atoms with Crippen LogP contribution < -0.4 is 5.32 Å². The zero-order valence-electron chi connectivity index (χ0n) is 7.76. The van der Waals surface area contributed by atoms with E-state index in [0.717, 1.165) is 18.6 Å². The van der Waals surface area contributed by atoms with Crippen molar-refractivity contribution < 1.29 is 4.74 Å². The second-order valence-corrected chi connectivity index (χ2v) is 3.81. The third kappa shape index (κ3) is 2.80. The van der Waals surface area contributed by atoms with Gasteiger partial charge in [0.2, 0.25) is 0 Å². The van der Waals surface area contributed by atoms with Gasteiger partial charge in [-0.05, 0) is 18.8 Å². The van der Waals surface area contributed by atoms with Crippen LogP contribution in [0.2, 0.25) is 0 Å². The Kier molecular flexibility index (Phi) is 3.34. The van der Waals surface area contributed by atoms with Gasteiger partial charge >= 0.3 is 0 Å². The smallest absolute Gasteiger partial charge is 0.0491 e. The van der Waals surface area contributed by atoms with Gasteiger partial charge in [0, 0.05) is 25.8 Å². The minimum absolute atomic E-state index is 0.628. The lowest BCUT2D eigenvalue weighted by Gasteiger charge is -2.36. The summed E-state index contributed by atoms with van der Waals surface area (Å²) in [6.07, 6.45) is 2.60. The molecule has 0 aromatic carbocycles. The van der Waals surface area contributed by atoms with Gasteiger partial charge in [-0.2, -0.15) is 0 Å². The van der Waals surface area contributed by atoms with E-state index in [1.807, 2.05) is 0 Å². The summed E-state index contributed by atoms with van der Waals surface area (Å²) in [5.74, 6) is 0.816. The number of rotatable bonds is 4. The van der Waals surface area contributed by atoms with Crippen molar-refractivity contribution in [1.29, 1.82) is 0 Å². The summed E-state index contributed by atoms with van der Waals surface area (Å²) < 4.78 is 5.07. The van der Waals surface area contributed by atoms with E-state index in [0.29, 0.717) is 6.04 Å². The van der Waals surface area contributed by atoms with Crippen LogP contribution in [0.4, 0.5) is 0 Å². The van der Waals surface area contributed by atoms with Crippen LogP contribution >= 0.6 is 0 Å². The molecule has 1 aliphatic carbocycles. The van der Waals surface area contributed by atoms with Crippen LogP contribution in [-0.2, 0) is 4.74 Å². The van der Waals surface area contributed by atoms with Crippen molar-refractivity contribution in [2.45, 2.75) is 38.8 Å². The molecule has 1 saturated carbocycles. The van der Waals surface area contributed by atoms with Gasteiger partial charge in [-0.15, -0.1) is 0 Å². The Morgan fingerprint density at radius 2 is 2.09 bits per heavy atom. The molecular formula is C9H19NO. The average Bonchev–Trinajstić information content (AvgIpc) is 1.82. The lowest BCUT2D eigenvalue weighted by Crippen LogP contribution is -2.45. The molecule has 0 amide bonds. The average molecular weight is 157 g/mol. The van der Waals surface area contributed by atoms with Crippen LogP contribution in [0, 0.1) is 5.92 Å². The molecule has 0 radical (unpaired) electrons. The first kappa shape index (κ1) is 9.01. The highest BCUT2D eigenvalue weighted by molar-refractivity contribution is 4.85. The van der Waals surface area contributed by atoms with Crippen LogP contribution in [0.5, 0.6) is 0 Å². The fraction of sp³-hybridized carbons (Fsp3) is 1.00. The second kappa shape index (κ2) is 4.07. The molecule has 0 aliphatic heterocycles. The minimum Gasteiger partial charge on any atom is -0.384 e. The van der Waals surface area contributed by atoms with Crippen molar-refractivity contribution in [2.75, 3.05) is 13.7 Å². The van der Waals surface area contributed by atoms with E-state index >= 15 is 0 Å². The lowest BCUT2D eigenvalue weighted by atomic mass is 9.80. The molecule has 0 atom stereocenters. The molecule has 1 fully saturated rings. The predicted molar refractivity (Wildman–Crippen MR) is 46.7 cm³/mol. The maximum absolute atomic E-state index is 5.07. The van der Waals surface area contributed by atoms with E-state index in [2.05, 4.69) is 19.2 Å². The molecule has 2 nitrogen and oxygen atoms in total. The molecule has 66 valence electrons. The van der Waals surface area contributed by atoms with Crippen molar-refractivity contribution in [3.8, 4) is 0 Å². The Hall–Kier alpha value is -0.0800. The van der Waals surface area contributed by atoms with Crippen LogP contribution in [0.1, 0.15) is 26.7 Å². The Labute approximate surface area is 69.3 Å². The van der Waals surface area contributed by atoms with E-state index in [4.69, 9.17) is 4.74 Å². The van der Waals surface area contributed by atoms with E-state index in [9.17, 15) is 0 Å². The summed E-state index contributed by atoms with van der Waals surface area (Å²) in [5, 5.41) is 3.51. The maximum Gasteiger partial charge on any atom is 0.0491 e. The molecular weight excluding hydrogens is 138 g/mol. The first-order valence-electron chi connectivity index (χ1n) is 4.47. The van der Waals surface area contributed by atoms with Gasteiger partial charge in [0.05, 0.1) is 0 Å². The van der Waals surface area contributed by atoms with Crippen LogP contribution in [0.15, 0.2) is 0 Å². The SMILES string of the molecule is COCC1CC(NC(C)C)C1. The highest BCUT2D eigenvalue weighted by Crippen LogP contribution is 2.27. The number of hydrogen-bond acceptors (Lipinski definition) is 2. The molecule has 0 unspecified atom stereocenters.